The fourth-order valence-corrected chi connectivity index (χ4v) is 2.72. The van der Waals surface area contributed by atoms with Crippen molar-refractivity contribution in [3.63, 3.8) is 0 Å². The molecule has 0 bridgehead atoms. The number of aromatic amines is 1. The van der Waals surface area contributed by atoms with Gasteiger partial charge in [-0.25, -0.2) is 9.78 Å². The first kappa shape index (κ1) is 23.5. The number of hydrogen-bond donors (Lipinski definition) is 6. The Kier molecular flexibility index (Phi) is 8.70. The third kappa shape index (κ3) is 7.90. The van der Waals surface area contributed by atoms with Gasteiger partial charge in [-0.05, 0) is 12.5 Å². The molecule has 1 heterocycles. The molecule has 0 radical (unpaired) electrons. The second-order valence-electron chi connectivity index (χ2n) is 7.00. The molecular weight excluding hydrogens is 404 g/mol. The predicted molar refractivity (Wildman–Crippen MR) is 111 cm³/mol. The number of amides is 3. The molecule has 31 heavy (non-hydrogen) atoms. The van der Waals surface area contributed by atoms with Crippen LogP contribution in [0.5, 0.6) is 0 Å². The molecule has 7 N–H and O–H groups in total. The average Bonchev–Trinajstić information content (AvgIpc) is 3.24. The van der Waals surface area contributed by atoms with Gasteiger partial charge in [0.2, 0.25) is 17.7 Å². The zero-order valence-corrected chi connectivity index (χ0v) is 17.0. The molecule has 0 aliphatic carbocycles. The minimum atomic E-state index is -1.23. The van der Waals surface area contributed by atoms with Crippen molar-refractivity contribution in [1.29, 1.82) is 0 Å². The molecule has 11 nitrogen and oxygen atoms in total. The van der Waals surface area contributed by atoms with Crippen molar-refractivity contribution in [2.75, 3.05) is 6.54 Å². The van der Waals surface area contributed by atoms with Crippen molar-refractivity contribution >= 4 is 23.7 Å². The Morgan fingerprint density at radius 1 is 1.06 bits per heavy atom. The first-order valence-electron chi connectivity index (χ1n) is 9.63. The summed E-state index contributed by atoms with van der Waals surface area (Å²) in [6, 6.07) is 5.89. The van der Waals surface area contributed by atoms with E-state index in [1.807, 2.05) is 6.07 Å². The van der Waals surface area contributed by atoms with Crippen molar-refractivity contribution in [3.05, 3.63) is 54.1 Å². The molecule has 3 atom stereocenters. The number of aromatic nitrogens is 2. The quantitative estimate of drug-likeness (QED) is 0.257. The summed E-state index contributed by atoms with van der Waals surface area (Å²) in [5.41, 5.74) is 6.75. The minimum absolute atomic E-state index is 0.00246. The second kappa shape index (κ2) is 11.5. The minimum Gasteiger partial charge on any atom is -0.480 e. The van der Waals surface area contributed by atoms with Crippen LogP contribution in [0.3, 0.4) is 0 Å². The van der Waals surface area contributed by atoms with E-state index < -0.39 is 41.8 Å². The molecule has 1 aromatic heterocycles. The first-order valence-corrected chi connectivity index (χ1v) is 9.63. The van der Waals surface area contributed by atoms with Gasteiger partial charge in [-0.15, -0.1) is 0 Å². The number of carbonyl (C=O) groups is 4. The van der Waals surface area contributed by atoms with E-state index in [0.717, 1.165) is 5.56 Å². The van der Waals surface area contributed by atoms with Gasteiger partial charge in [0.05, 0.1) is 18.9 Å². The summed E-state index contributed by atoms with van der Waals surface area (Å²) in [5.74, 6) is -3.00. The summed E-state index contributed by atoms with van der Waals surface area (Å²) >= 11 is 0. The third-order valence-corrected chi connectivity index (χ3v) is 4.36. The highest BCUT2D eigenvalue weighted by Crippen LogP contribution is 2.05. The summed E-state index contributed by atoms with van der Waals surface area (Å²) < 4.78 is 0. The number of carboxylic acid groups (broad SMARTS) is 1. The van der Waals surface area contributed by atoms with Crippen LogP contribution in [0.25, 0.3) is 0 Å². The van der Waals surface area contributed by atoms with Crippen LogP contribution in [0.15, 0.2) is 42.9 Å². The summed E-state index contributed by atoms with van der Waals surface area (Å²) in [4.78, 5) is 54.9. The third-order valence-electron chi connectivity index (χ3n) is 4.36. The number of nitrogens with zero attached hydrogens (tertiary/aromatic N) is 1. The molecule has 11 heteroatoms. The van der Waals surface area contributed by atoms with Crippen LogP contribution in [0.2, 0.25) is 0 Å². The topological polar surface area (TPSA) is 179 Å². The molecule has 2 aromatic rings. The lowest BCUT2D eigenvalue weighted by Crippen LogP contribution is -2.54. The van der Waals surface area contributed by atoms with E-state index in [-0.39, 0.29) is 19.4 Å². The standard InChI is InChI=1S/C20H26N6O5/c1-12(21)18(28)23-10-17(27)25-15(7-13-5-3-2-4-6-13)19(29)26-16(20(30)31)8-14-9-22-11-24-14/h2-6,9,11-12,15-16H,7-8,10,21H2,1H3,(H,22,24)(H,23,28)(H,25,27)(H,26,29)(H,30,31). The zero-order chi connectivity index (χ0) is 22.8. The fourth-order valence-electron chi connectivity index (χ4n) is 2.72. The van der Waals surface area contributed by atoms with Crippen LogP contribution < -0.4 is 21.7 Å². The maximum Gasteiger partial charge on any atom is 0.326 e. The van der Waals surface area contributed by atoms with E-state index in [0.29, 0.717) is 5.69 Å². The molecule has 0 spiro atoms. The predicted octanol–water partition coefficient (Wildman–Crippen LogP) is -1.29. The van der Waals surface area contributed by atoms with Crippen LogP contribution in [0.4, 0.5) is 0 Å². The number of nitrogens with two attached hydrogens (primary N) is 1. The van der Waals surface area contributed by atoms with Gasteiger partial charge in [0, 0.05) is 24.7 Å². The van der Waals surface area contributed by atoms with E-state index >= 15 is 0 Å². The number of aliphatic carboxylic acids is 1. The molecule has 166 valence electrons. The maximum absolute atomic E-state index is 12.9. The zero-order valence-electron chi connectivity index (χ0n) is 17.0. The monoisotopic (exact) mass is 430 g/mol. The Morgan fingerprint density at radius 2 is 1.77 bits per heavy atom. The van der Waals surface area contributed by atoms with Crippen molar-refractivity contribution in [2.24, 2.45) is 5.73 Å². The number of benzene rings is 1. The lowest BCUT2D eigenvalue weighted by Gasteiger charge is -2.21. The van der Waals surface area contributed by atoms with Gasteiger partial charge in [-0.2, -0.15) is 0 Å². The lowest BCUT2D eigenvalue weighted by molar-refractivity contribution is -0.142. The molecule has 0 fully saturated rings. The summed E-state index contributed by atoms with van der Waals surface area (Å²) in [6.07, 6.45) is 3.00. The molecule has 0 aliphatic rings. The van der Waals surface area contributed by atoms with E-state index in [2.05, 4.69) is 25.9 Å². The molecule has 0 saturated carbocycles. The molecule has 1 aromatic carbocycles. The lowest BCUT2D eigenvalue weighted by atomic mass is 10.0. The second-order valence-corrected chi connectivity index (χ2v) is 7.00. The van der Waals surface area contributed by atoms with Gasteiger partial charge < -0.3 is 31.8 Å². The van der Waals surface area contributed by atoms with Crippen LogP contribution in [0.1, 0.15) is 18.2 Å². The molecule has 0 aliphatic heterocycles. The Morgan fingerprint density at radius 3 is 2.35 bits per heavy atom. The SMILES string of the molecule is CC(N)C(=O)NCC(=O)NC(Cc1ccccc1)C(=O)NC(Cc1cnc[nH]1)C(=O)O. The van der Waals surface area contributed by atoms with E-state index in [1.54, 1.807) is 24.3 Å². The van der Waals surface area contributed by atoms with Gasteiger partial charge in [-0.3, -0.25) is 14.4 Å². The molecule has 3 unspecified atom stereocenters. The molecular formula is C20H26N6O5. The Balaban J connectivity index is 2.08. The fraction of sp³-hybridized carbons (Fsp3) is 0.350. The Bertz CT molecular complexity index is 885. The van der Waals surface area contributed by atoms with E-state index in [9.17, 15) is 24.3 Å². The van der Waals surface area contributed by atoms with Crippen LogP contribution in [-0.4, -0.2) is 63.4 Å². The first-order chi connectivity index (χ1) is 14.8. The summed E-state index contributed by atoms with van der Waals surface area (Å²) in [5, 5.41) is 16.8. The highest BCUT2D eigenvalue weighted by molar-refractivity contribution is 5.92. The van der Waals surface area contributed by atoms with Crippen LogP contribution >= 0.6 is 0 Å². The Labute approximate surface area is 178 Å². The highest BCUT2D eigenvalue weighted by Gasteiger charge is 2.27. The summed E-state index contributed by atoms with van der Waals surface area (Å²) in [6.45, 7) is 1.11. The van der Waals surface area contributed by atoms with Crippen molar-refractivity contribution in [3.8, 4) is 0 Å². The van der Waals surface area contributed by atoms with Gasteiger partial charge in [0.1, 0.15) is 12.1 Å². The average molecular weight is 430 g/mol. The van der Waals surface area contributed by atoms with Gasteiger partial charge in [0.15, 0.2) is 0 Å². The smallest absolute Gasteiger partial charge is 0.326 e. The Hall–Kier alpha value is -3.73. The largest absolute Gasteiger partial charge is 0.480 e. The maximum atomic E-state index is 12.9. The van der Waals surface area contributed by atoms with Crippen LogP contribution in [0, 0.1) is 0 Å². The molecule has 3 amide bonds. The normalized spacial score (nSPS) is 13.5. The highest BCUT2D eigenvalue weighted by atomic mass is 16.4. The van der Waals surface area contributed by atoms with Crippen LogP contribution in [-0.2, 0) is 32.0 Å². The number of rotatable bonds is 11. The number of carboxylic acids is 1. The van der Waals surface area contributed by atoms with Crippen molar-refractivity contribution < 1.29 is 24.3 Å². The number of H-pyrrole nitrogens is 1. The van der Waals surface area contributed by atoms with Crippen molar-refractivity contribution in [2.45, 2.75) is 37.9 Å². The summed E-state index contributed by atoms with van der Waals surface area (Å²) in [7, 11) is 0. The van der Waals surface area contributed by atoms with E-state index in [4.69, 9.17) is 5.73 Å². The number of hydrogen-bond acceptors (Lipinski definition) is 6. The number of carbonyl (C=O) groups excluding carboxylic acids is 3. The van der Waals surface area contributed by atoms with E-state index in [1.165, 1.54) is 19.4 Å². The van der Waals surface area contributed by atoms with Gasteiger partial charge in [-0.1, -0.05) is 30.3 Å². The number of nitrogens with one attached hydrogen (secondary N) is 4. The van der Waals surface area contributed by atoms with Gasteiger partial charge in [0.25, 0.3) is 0 Å². The van der Waals surface area contributed by atoms with Crippen molar-refractivity contribution in [1.82, 2.24) is 25.9 Å². The van der Waals surface area contributed by atoms with Gasteiger partial charge >= 0.3 is 5.97 Å². The number of imidazole rings is 1. The molecule has 0 saturated heterocycles. The molecule has 2 rings (SSSR count).